The molecular formula is C18H19N5O2. The van der Waals surface area contributed by atoms with Gasteiger partial charge in [0.2, 0.25) is 0 Å². The van der Waals surface area contributed by atoms with Crippen LogP contribution in [0.4, 0.5) is 5.82 Å². The monoisotopic (exact) mass is 337 g/mol. The second kappa shape index (κ2) is 6.16. The molecule has 2 N–H and O–H groups in total. The molecule has 7 nitrogen and oxygen atoms in total. The van der Waals surface area contributed by atoms with Gasteiger partial charge in [0.1, 0.15) is 11.9 Å². The summed E-state index contributed by atoms with van der Waals surface area (Å²) in [4.78, 5) is 11.6. The fraction of sp³-hybridized carbons (Fsp3) is 0.333. The Kier molecular flexibility index (Phi) is 3.83. The molecular weight excluding hydrogens is 318 g/mol. The Bertz CT molecular complexity index is 908. The van der Waals surface area contributed by atoms with Crippen molar-refractivity contribution in [2.24, 2.45) is 5.92 Å². The van der Waals surface area contributed by atoms with Gasteiger partial charge in [-0.15, -0.1) is 15.3 Å². The van der Waals surface area contributed by atoms with E-state index in [9.17, 15) is 9.90 Å². The number of anilines is 1. The summed E-state index contributed by atoms with van der Waals surface area (Å²) < 4.78 is 1.72. The average Bonchev–Trinajstić information content (AvgIpc) is 3.18. The van der Waals surface area contributed by atoms with Gasteiger partial charge >= 0.3 is 5.97 Å². The minimum Gasteiger partial charge on any atom is -0.480 e. The molecule has 1 aliphatic carbocycles. The standard InChI is InChI=1S/C18H19N5O2/c1-11-9-13(11)17-21-20-16-8-7-15(22-23(16)17)19-14(18(24)25)10-12-5-3-2-4-6-12/h2-8,11,13-14H,9-10H2,1H3,(H,19,22)(H,24,25)/t11?,13?,14-/m0/s1. The molecule has 3 atom stereocenters. The van der Waals surface area contributed by atoms with Crippen molar-refractivity contribution in [3.63, 3.8) is 0 Å². The van der Waals surface area contributed by atoms with Gasteiger partial charge in [-0.05, 0) is 30.0 Å². The van der Waals surface area contributed by atoms with Crippen molar-refractivity contribution in [3.8, 4) is 0 Å². The molecule has 25 heavy (non-hydrogen) atoms. The summed E-state index contributed by atoms with van der Waals surface area (Å²) in [5.41, 5.74) is 1.63. The molecule has 1 aliphatic rings. The van der Waals surface area contributed by atoms with Crippen molar-refractivity contribution < 1.29 is 9.90 Å². The normalized spacial score (nSPS) is 20.4. The number of benzene rings is 1. The summed E-state index contributed by atoms with van der Waals surface area (Å²) in [5, 5.41) is 25.4. The van der Waals surface area contributed by atoms with Gasteiger partial charge in [-0.1, -0.05) is 37.3 Å². The Morgan fingerprint density at radius 3 is 2.72 bits per heavy atom. The van der Waals surface area contributed by atoms with Gasteiger partial charge in [-0.3, -0.25) is 0 Å². The summed E-state index contributed by atoms with van der Waals surface area (Å²) >= 11 is 0. The fourth-order valence-corrected chi connectivity index (χ4v) is 3.02. The van der Waals surface area contributed by atoms with Crippen molar-refractivity contribution in [2.45, 2.75) is 31.7 Å². The molecule has 2 heterocycles. The summed E-state index contributed by atoms with van der Waals surface area (Å²) in [6.45, 7) is 2.17. The van der Waals surface area contributed by atoms with Crippen LogP contribution in [0.25, 0.3) is 5.65 Å². The molecule has 0 spiro atoms. The number of aliphatic carboxylic acids is 1. The zero-order chi connectivity index (χ0) is 17.4. The van der Waals surface area contributed by atoms with E-state index in [1.54, 1.807) is 16.6 Å². The number of nitrogens with one attached hydrogen (secondary N) is 1. The highest BCUT2D eigenvalue weighted by Gasteiger charge is 2.38. The minimum absolute atomic E-state index is 0.380. The third kappa shape index (κ3) is 3.17. The van der Waals surface area contributed by atoms with E-state index in [-0.39, 0.29) is 0 Å². The van der Waals surface area contributed by atoms with Gasteiger partial charge in [0.05, 0.1) is 0 Å². The fourth-order valence-electron chi connectivity index (χ4n) is 3.02. The molecule has 7 heteroatoms. The van der Waals surface area contributed by atoms with Crippen molar-refractivity contribution in [1.29, 1.82) is 0 Å². The lowest BCUT2D eigenvalue weighted by molar-refractivity contribution is -0.137. The van der Waals surface area contributed by atoms with E-state index in [0.717, 1.165) is 17.8 Å². The number of nitrogens with zero attached hydrogens (tertiary/aromatic N) is 4. The molecule has 128 valence electrons. The maximum absolute atomic E-state index is 11.6. The largest absolute Gasteiger partial charge is 0.480 e. The van der Waals surface area contributed by atoms with E-state index in [1.807, 2.05) is 30.3 Å². The maximum Gasteiger partial charge on any atom is 0.326 e. The molecule has 0 amide bonds. The smallest absolute Gasteiger partial charge is 0.326 e. The third-order valence-corrected chi connectivity index (χ3v) is 4.63. The van der Waals surface area contributed by atoms with E-state index in [4.69, 9.17) is 0 Å². The van der Waals surface area contributed by atoms with Crippen molar-refractivity contribution >= 4 is 17.4 Å². The van der Waals surface area contributed by atoms with Crippen LogP contribution in [0, 0.1) is 5.92 Å². The lowest BCUT2D eigenvalue weighted by atomic mass is 10.1. The van der Waals surface area contributed by atoms with Crippen LogP contribution < -0.4 is 5.32 Å². The van der Waals surface area contributed by atoms with Crippen molar-refractivity contribution in [3.05, 3.63) is 53.9 Å². The topological polar surface area (TPSA) is 92.4 Å². The van der Waals surface area contributed by atoms with Gasteiger partial charge in [0.15, 0.2) is 11.5 Å². The first-order valence-corrected chi connectivity index (χ1v) is 8.37. The quantitative estimate of drug-likeness (QED) is 0.717. The van der Waals surface area contributed by atoms with Gasteiger partial charge in [-0.2, -0.15) is 4.52 Å². The predicted molar refractivity (Wildman–Crippen MR) is 92.5 cm³/mol. The molecule has 0 aliphatic heterocycles. The van der Waals surface area contributed by atoms with Crippen LogP contribution in [0.15, 0.2) is 42.5 Å². The molecule has 2 unspecified atom stereocenters. The zero-order valence-electron chi connectivity index (χ0n) is 13.8. The van der Waals surface area contributed by atoms with E-state index < -0.39 is 12.0 Å². The Balaban J connectivity index is 1.58. The second-order valence-corrected chi connectivity index (χ2v) is 6.59. The number of fused-ring (bicyclic) bond motifs is 1. The average molecular weight is 337 g/mol. The molecule has 1 saturated carbocycles. The zero-order valence-corrected chi connectivity index (χ0v) is 13.8. The first kappa shape index (κ1) is 15.6. The van der Waals surface area contributed by atoms with Crippen molar-refractivity contribution in [2.75, 3.05) is 5.32 Å². The first-order chi connectivity index (χ1) is 12.1. The van der Waals surface area contributed by atoms with Gasteiger partial charge in [0, 0.05) is 12.3 Å². The second-order valence-electron chi connectivity index (χ2n) is 6.59. The predicted octanol–water partition coefficient (Wildman–Crippen LogP) is 2.36. The number of hydrogen-bond donors (Lipinski definition) is 2. The summed E-state index contributed by atoms with van der Waals surface area (Å²) in [5.74, 6) is 1.42. The van der Waals surface area contributed by atoms with E-state index in [2.05, 4.69) is 27.5 Å². The van der Waals surface area contributed by atoms with Crippen molar-refractivity contribution in [1.82, 2.24) is 19.8 Å². The summed E-state index contributed by atoms with van der Waals surface area (Å²) in [6, 6.07) is 12.3. The molecule has 0 saturated heterocycles. The molecule has 0 bridgehead atoms. The Morgan fingerprint density at radius 2 is 2.04 bits per heavy atom. The maximum atomic E-state index is 11.6. The van der Waals surface area contributed by atoms with Gasteiger partial charge in [-0.25, -0.2) is 4.79 Å². The van der Waals surface area contributed by atoms with Crippen LogP contribution in [0.1, 0.15) is 30.7 Å². The highest BCUT2D eigenvalue weighted by atomic mass is 16.4. The molecule has 4 rings (SSSR count). The van der Waals surface area contributed by atoms with E-state index in [1.165, 1.54) is 0 Å². The lowest BCUT2D eigenvalue weighted by Gasteiger charge is -2.15. The summed E-state index contributed by atoms with van der Waals surface area (Å²) in [6.07, 6.45) is 1.47. The van der Waals surface area contributed by atoms with E-state index >= 15 is 0 Å². The minimum atomic E-state index is -0.912. The number of hydrogen-bond acceptors (Lipinski definition) is 5. The highest BCUT2D eigenvalue weighted by Crippen LogP contribution is 2.45. The van der Waals surface area contributed by atoms with Gasteiger partial charge < -0.3 is 10.4 Å². The lowest BCUT2D eigenvalue weighted by Crippen LogP contribution is -2.32. The number of rotatable bonds is 6. The summed E-state index contributed by atoms with van der Waals surface area (Å²) in [7, 11) is 0. The SMILES string of the molecule is CC1CC1c1nnc2ccc(N[C@@H](Cc3ccccc3)C(=O)O)nn12. The molecule has 1 aromatic carbocycles. The molecule has 3 aromatic rings. The Hall–Kier alpha value is -2.96. The number of carboxylic acid groups (broad SMARTS) is 1. The van der Waals surface area contributed by atoms with Crippen LogP contribution >= 0.6 is 0 Å². The van der Waals surface area contributed by atoms with Crippen LogP contribution in [0.3, 0.4) is 0 Å². The molecule has 0 radical (unpaired) electrons. The van der Waals surface area contributed by atoms with Crippen LogP contribution in [0.5, 0.6) is 0 Å². The third-order valence-electron chi connectivity index (χ3n) is 4.63. The number of carbonyl (C=O) groups is 1. The van der Waals surface area contributed by atoms with Crippen LogP contribution in [-0.2, 0) is 11.2 Å². The highest BCUT2D eigenvalue weighted by molar-refractivity contribution is 5.77. The van der Waals surface area contributed by atoms with E-state index in [0.29, 0.717) is 29.7 Å². The number of carboxylic acids is 1. The van der Waals surface area contributed by atoms with Gasteiger partial charge in [0.25, 0.3) is 0 Å². The van der Waals surface area contributed by atoms with Crippen LogP contribution in [0.2, 0.25) is 0 Å². The molecule has 1 fully saturated rings. The molecule has 2 aromatic heterocycles. The Labute approximate surface area is 144 Å². The number of aromatic nitrogens is 4. The Morgan fingerprint density at radius 1 is 1.28 bits per heavy atom. The van der Waals surface area contributed by atoms with Crippen LogP contribution in [-0.4, -0.2) is 36.9 Å². The first-order valence-electron chi connectivity index (χ1n) is 8.37.